The Bertz CT molecular complexity index is 1110. The van der Waals surface area contributed by atoms with Crippen molar-refractivity contribution in [3.8, 4) is 5.75 Å². The molecule has 2 aromatic carbocycles. The van der Waals surface area contributed by atoms with Gasteiger partial charge in [-0.2, -0.15) is 0 Å². The number of nitrogens with one attached hydrogen (secondary N) is 1. The zero-order valence-electron chi connectivity index (χ0n) is 19.0. The van der Waals surface area contributed by atoms with E-state index in [1.165, 1.54) is 17.3 Å². The molecule has 0 spiro atoms. The molecule has 1 N–H and O–H groups in total. The molecule has 1 atom stereocenters. The maximum absolute atomic E-state index is 12.6. The maximum atomic E-state index is 12.6. The molecule has 5 nitrogen and oxygen atoms in total. The lowest BCUT2D eigenvalue weighted by Gasteiger charge is -2.45. The first-order chi connectivity index (χ1) is 15.2. The first-order valence-corrected chi connectivity index (χ1v) is 12.0. The number of nitrogens with zero attached hydrogens (tertiary/aromatic N) is 2. The summed E-state index contributed by atoms with van der Waals surface area (Å²) in [6.07, 6.45) is 2.91. The Kier molecular flexibility index (Phi) is 6.28. The van der Waals surface area contributed by atoms with Gasteiger partial charge in [0.25, 0.3) is 5.91 Å². The number of ether oxygens (including phenoxy) is 1. The van der Waals surface area contributed by atoms with E-state index in [0.29, 0.717) is 27.6 Å². The zero-order valence-corrected chi connectivity index (χ0v) is 20.6. The standard InChI is InChI=1S/C25H28ClN3O2S/c1-6-31-18-9-7-17(8-10-18)27-24-28-23(30)22(32-24)12-16-11-19-15(2)14-25(3,4)29(5)21(19)13-20(16)26/h7-13,15H,6,14H2,1-5H3,(H,27,28,30)/b22-12-/t15-/m1/s1. The molecule has 2 aromatic rings. The zero-order chi connectivity index (χ0) is 23.0. The number of amidine groups is 1. The Morgan fingerprint density at radius 1 is 1.31 bits per heavy atom. The predicted octanol–water partition coefficient (Wildman–Crippen LogP) is 6.35. The van der Waals surface area contributed by atoms with Gasteiger partial charge in [0, 0.05) is 23.3 Å². The minimum absolute atomic E-state index is 0.0726. The number of benzene rings is 2. The van der Waals surface area contributed by atoms with Gasteiger partial charge in [0.05, 0.1) is 17.2 Å². The lowest BCUT2D eigenvalue weighted by Crippen LogP contribution is -2.45. The average Bonchev–Trinajstić information content (AvgIpc) is 3.07. The molecular weight excluding hydrogens is 442 g/mol. The number of anilines is 1. The topological polar surface area (TPSA) is 53.9 Å². The fourth-order valence-corrected chi connectivity index (χ4v) is 5.28. The second-order valence-corrected chi connectivity index (χ2v) is 10.3. The van der Waals surface area contributed by atoms with Gasteiger partial charge in [-0.15, -0.1) is 0 Å². The van der Waals surface area contributed by atoms with E-state index in [9.17, 15) is 4.79 Å². The van der Waals surface area contributed by atoms with Crippen molar-refractivity contribution in [2.45, 2.75) is 45.6 Å². The van der Waals surface area contributed by atoms with Gasteiger partial charge < -0.3 is 15.0 Å². The molecule has 2 aliphatic heterocycles. The van der Waals surface area contributed by atoms with Crippen LogP contribution in [0.15, 0.2) is 46.3 Å². The Hall–Kier alpha value is -2.44. The number of aliphatic imine (C=N–C) groups is 1. The molecule has 32 heavy (non-hydrogen) atoms. The van der Waals surface area contributed by atoms with Crippen LogP contribution in [0.2, 0.25) is 5.02 Å². The molecule has 0 saturated carbocycles. The summed E-state index contributed by atoms with van der Waals surface area (Å²) < 4.78 is 5.46. The fourth-order valence-electron chi connectivity index (χ4n) is 4.24. The number of thioether (sulfide) groups is 1. The van der Waals surface area contributed by atoms with Crippen LogP contribution in [0, 0.1) is 0 Å². The van der Waals surface area contributed by atoms with Crippen molar-refractivity contribution in [1.82, 2.24) is 5.32 Å². The first kappa shape index (κ1) is 22.7. The van der Waals surface area contributed by atoms with Crippen molar-refractivity contribution < 1.29 is 9.53 Å². The second-order valence-electron chi connectivity index (χ2n) is 8.82. The molecule has 0 bridgehead atoms. The van der Waals surface area contributed by atoms with Crippen molar-refractivity contribution in [3.05, 3.63) is 57.5 Å². The molecule has 4 rings (SSSR count). The van der Waals surface area contributed by atoms with Gasteiger partial charge in [-0.25, -0.2) is 4.99 Å². The van der Waals surface area contributed by atoms with E-state index < -0.39 is 0 Å². The molecule has 0 radical (unpaired) electrons. The summed E-state index contributed by atoms with van der Waals surface area (Å²) in [5.41, 5.74) is 4.09. The Labute approximate surface area is 198 Å². The van der Waals surface area contributed by atoms with Gasteiger partial charge in [0.2, 0.25) is 0 Å². The summed E-state index contributed by atoms with van der Waals surface area (Å²) in [4.78, 5) is 20.0. The summed E-state index contributed by atoms with van der Waals surface area (Å²) in [7, 11) is 2.11. The lowest BCUT2D eigenvalue weighted by molar-refractivity contribution is -0.115. The molecule has 7 heteroatoms. The molecule has 1 saturated heterocycles. The molecular formula is C25H28ClN3O2S. The third kappa shape index (κ3) is 4.52. The number of fused-ring (bicyclic) bond motifs is 1. The summed E-state index contributed by atoms with van der Waals surface area (Å²) in [6, 6.07) is 11.6. The summed E-state index contributed by atoms with van der Waals surface area (Å²) >= 11 is 7.97. The SMILES string of the molecule is CCOc1ccc(N=C2NC(=O)/C(=C/c3cc4c(cc3Cl)N(C)C(C)(C)C[C@H]4C)S2)cc1. The van der Waals surface area contributed by atoms with Gasteiger partial charge >= 0.3 is 0 Å². The number of carbonyl (C=O) groups excluding carboxylic acids is 1. The van der Waals surface area contributed by atoms with Crippen LogP contribution in [0.1, 0.15) is 51.2 Å². The number of hydrogen-bond donors (Lipinski definition) is 1. The van der Waals surface area contributed by atoms with E-state index in [4.69, 9.17) is 16.3 Å². The number of carbonyl (C=O) groups is 1. The molecule has 0 unspecified atom stereocenters. The molecule has 2 heterocycles. The van der Waals surface area contributed by atoms with Gasteiger partial charge in [-0.05, 0) is 98.5 Å². The molecule has 1 amide bonds. The Balaban J connectivity index is 1.59. The lowest BCUT2D eigenvalue weighted by atomic mass is 9.80. The van der Waals surface area contributed by atoms with Crippen LogP contribution in [0.5, 0.6) is 5.75 Å². The molecule has 0 aromatic heterocycles. The van der Waals surface area contributed by atoms with Crippen LogP contribution in [-0.4, -0.2) is 30.3 Å². The summed E-state index contributed by atoms with van der Waals surface area (Å²) in [5.74, 6) is 1.04. The van der Waals surface area contributed by atoms with Gasteiger partial charge in [-0.1, -0.05) is 18.5 Å². The van der Waals surface area contributed by atoms with Crippen molar-refractivity contribution in [3.63, 3.8) is 0 Å². The smallest absolute Gasteiger partial charge is 0.264 e. The van der Waals surface area contributed by atoms with Crippen molar-refractivity contribution in [1.29, 1.82) is 0 Å². The molecule has 168 valence electrons. The summed E-state index contributed by atoms with van der Waals surface area (Å²) in [6.45, 7) is 9.31. The fraction of sp³-hybridized carbons (Fsp3) is 0.360. The van der Waals surface area contributed by atoms with Crippen LogP contribution in [-0.2, 0) is 4.79 Å². The number of amides is 1. The summed E-state index contributed by atoms with van der Waals surface area (Å²) in [5, 5.41) is 4.03. The minimum Gasteiger partial charge on any atom is -0.494 e. The Morgan fingerprint density at radius 2 is 2.03 bits per heavy atom. The second kappa shape index (κ2) is 8.83. The number of halogens is 1. The van der Waals surface area contributed by atoms with Crippen molar-refractivity contribution >= 4 is 51.9 Å². The predicted molar refractivity (Wildman–Crippen MR) is 135 cm³/mol. The van der Waals surface area contributed by atoms with Crippen molar-refractivity contribution in [2.75, 3.05) is 18.6 Å². The van der Waals surface area contributed by atoms with Crippen molar-refractivity contribution in [2.24, 2.45) is 4.99 Å². The van der Waals surface area contributed by atoms with Crippen LogP contribution in [0.4, 0.5) is 11.4 Å². The van der Waals surface area contributed by atoms with Gasteiger partial charge in [0.15, 0.2) is 5.17 Å². The van der Waals surface area contributed by atoms with E-state index in [1.54, 1.807) is 0 Å². The molecule has 0 aliphatic carbocycles. The maximum Gasteiger partial charge on any atom is 0.264 e. The third-order valence-electron chi connectivity index (χ3n) is 6.07. The van der Waals surface area contributed by atoms with Crippen LogP contribution < -0.4 is 15.0 Å². The van der Waals surface area contributed by atoms with E-state index in [-0.39, 0.29) is 11.4 Å². The van der Waals surface area contributed by atoms with E-state index in [1.807, 2.05) is 43.3 Å². The third-order valence-corrected chi connectivity index (χ3v) is 7.31. The minimum atomic E-state index is -0.167. The van der Waals surface area contributed by atoms with Gasteiger partial charge in [0.1, 0.15) is 5.75 Å². The highest BCUT2D eigenvalue weighted by atomic mass is 35.5. The van der Waals surface area contributed by atoms with Crippen LogP contribution in [0.25, 0.3) is 6.08 Å². The highest BCUT2D eigenvalue weighted by Crippen LogP contribution is 2.45. The highest BCUT2D eigenvalue weighted by molar-refractivity contribution is 8.18. The number of rotatable bonds is 4. The van der Waals surface area contributed by atoms with E-state index in [2.05, 4.69) is 49.1 Å². The van der Waals surface area contributed by atoms with Crippen LogP contribution in [0.3, 0.4) is 0 Å². The number of hydrogen-bond acceptors (Lipinski definition) is 5. The average molecular weight is 470 g/mol. The molecule has 2 aliphatic rings. The van der Waals surface area contributed by atoms with E-state index >= 15 is 0 Å². The van der Waals surface area contributed by atoms with Gasteiger partial charge in [-0.3, -0.25) is 4.79 Å². The first-order valence-electron chi connectivity index (χ1n) is 10.8. The van der Waals surface area contributed by atoms with Crippen LogP contribution >= 0.6 is 23.4 Å². The monoisotopic (exact) mass is 469 g/mol. The highest BCUT2D eigenvalue weighted by Gasteiger charge is 2.34. The quantitative estimate of drug-likeness (QED) is 0.530. The normalized spacial score (nSPS) is 22.2. The Morgan fingerprint density at radius 3 is 2.72 bits per heavy atom. The van der Waals surface area contributed by atoms with E-state index in [0.717, 1.165) is 29.1 Å². The largest absolute Gasteiger partial charge is 0.494 e. The molecule has 1 fully saturated rings.